The van der Waals surface area contributed by atoms with Crippen molar-refractivity contribution in [3.63, 3.8) is 0 Å². The van der Waals surface area contributed by atoms with Crippen LogP contribution in [-0.2, 0) is 18.4 Å². The zero-order valence-corrected chi connectivity index (χ0v) is 12.1. The smallest absolute Gasteiger partial charge is 0.242 e. The number of alkyl halides is 1. The number of anilines is 1. The fourth-order valence-corrected chi connectivity index (χ4v) is 2.04. The maximum Gasteiger partial charge on any atom is 0.242 e. The molecular formula is C14H15ClFN3O. The third kappa shape index (κ3) is 3.17. The van der Waals surface area contributed by atoms with Crippen LogP contribution in [0.4, 0.5) is 10.1 Å². The third-order valence-electron chi connectivity index (χ3n) is 3.04. The predicted octanol–water partition coefficient (Wildman–Crippen LogP) is 2.64. The van der Waals surface area contributed by atoms with E-state index in [0.29, 0.717) is 12.2 Å². The molecule has 1 heterocycles. The van der Waals surface area contributed by atoms with Gasteiger partial charge in [0.15, 0.2) is 0 Å². The number of halogens is 2. The number of nitrogens with zero attached hydrogens (tertiary/aromatic N) is 3. The summed E-state index contributed by atoms with van der Waals surface area (Å²) in [4.78, 5) is 13.5. The van der Waals surface area contributed by atoms with Crippen LogP contribution in [0, 0.1) is 12.7 Å². The van der Waals surface area contributed by atoms with Crippen molar-refractivity contribution in [2.24, 2.45) is 7.05 Å². The van der Waals surface area contributed by atoms with Gasteiger partial charge in [-0.25, -0.2) is 4.39 Å². The number of carbonyl (C=O) groups excluding carboxylic acids is 1. The van der Waals surface area contributed by atoms with E-state index >= 15 is 0 Å². The van der Waals surface area contributed by atoms with Gasteiger partial charge in [0, 0.05) is 18.4 Å². The van der Waals surface area contributed by atoms with Crippen LogP contribution in [-0.4, -0.2) is 21.6 Å². The van der Waals surface area contributed by atoms with Crippen molar-refractivity contribution >= 4 is 23.2 Å². The average molecular weight is 296 g/mol. The van der Waals surface area contributed by atoms with Crippen LogP contribution in [0.15, 0.2) is 30.3 Å². The molecule has 20 heavy (non-hydrogen) atoms. The standard InChI is InChI=1S/C14H15ClFN3O/c1-10-7-12(17-18(10)2)9-19(14(20)8-15)13-5-3-11(16)4-6-13/h3-7H,8-9H2,1-2H3. The Morgan fingerprint density at radius 1 is 1.40 bits per heavy atom. The quantitative estimate of drug-likeness (QED) is 0.813. The molecule has 0 bridgehead atoms. The van der Waals surface area contributed by atoms with E-state index in [-0.39, 0.29) is 17.6 Å². The van der Waals surface area contributed by atoms with Crippen molar-refractivity contribution in [2.75, 3.05) is 10.8 Å². The zero-order valence-electron chi connectivity index (χ0n) is 11.3. The minimum Gasteiger partial charge on any atom is -0.305 e. The molecule has 0 spiro atoms. The van der Waals surface area contributed by atoms with Gasteiger partial charge in [0.2, 0.25) is 5.91 Å². The van der Waals surface area contributed by atoms with Crippen molar-refractivity contribution in [3.8, 4) is 0 Å². The summed E-state index contributed by atoms with van der Waals surface area (Å²) in [6.45, 7) is 2.24. The molecule has 106 valence electrons. The highest BCUT2D eigenvalue weighted by atomic mass is 35.5. The second-order valence-corrected chi connectivity index (χ2v) is 4.76. The lowest BCUT2D eigenvalue weighted by Crippen LogP contribution is -2.31. The highest BCUT2D eigenvalue weighted by molar-refractivity contribution is 6.29. The fourth-order valence-electron chi connectivity index (χ4n) is 1.89. The molecule has 1 amide bonds. The summed E-state index contributed by atoms with van der Waals surface area (Å²) in [5.41, 5.74) is 2.35. The lowest BCUT2D eigenvalue weighted by Gasteiger charge is -2.20. The molecule has 0 fully saturated rings. The Hall–Kier alpha value is -1.88. The number of rotatable bonds is 4. The third-order valence-corrected chi connectivity index (χ3v) is 3.27. The van der Waals surface area contributed by atoms with Crippen LogP contribution in [0.3, 0.4) is 0 Å². The Labute approximate surface area is 121 Å². The average Bonchev–Trinajstić information content (AvgIpc) is 2.75. The van der Waals surface area contributed by atoms with Crippen molar-refractivity contribution < 1.29 is 9.18 Å². The van der Waals surface area contributed by atoms with E-state index in [1.54, 1.807) is 16.8 Å². The van der Waals surface area contributed by atoms with Gasteiger partial charge < -0.3 is 4.90 Å². The zero-order chi connectivity index (χ0) is 14.7. The number of amides is 1. The van der Waals surface area contributed by atoms with Gasteiger partial charge in [-0.2, -0.15) is 5.10 Å². The molecule has 0 saturated carbocycles. The normalized spacial score (nSPS) is 10.6. The van der Waals surface area contributed by atoms with Gasteiger partial charge in [-0.1, -0.05) is 0 Å². The summed E-state index contributed by atoms with van der Waals surface area (Å²) in [7, 11) is 1.84. The van der Waals surface area contributed by atoms with Crippen LogP contribution in [0.1, 0.15) is 11.4 Å². The van der Waals surface area contributed by atoms with Gasteiger partial charge in [0.05, 0.1) is 12.2 Å². The fraction of sp³-hybridized carbons (Fsp3) is 0.286. The van der Waals surface area contributed by atoms with E-state index in [4.69, 9.17) is 11.6 Å². The predicted molar refractivity (Wildman–Crippen MR) is 76.3 cm³/mol. The maximum atomic E-state index is 13.0. The Balaban J connectivity index is 2.28. The molecule has 1 aromatic carbocycles. The Morgan fingerprint density at radius 2 is 2.05 bits per heavy atom. The SMILES string of the molecule is Cc1cc(CN(C(=O)CCl)c2ccc(F)cc2)nn1C. The van der Waals surface area contributed by atoms with Gasteiger partial charge in [0.25, 0.3) is 0 Å². The summed E-state index contributed by atoms with van der Waals surface area (Å²) < 4.78 is 14.7. The molecular weight excluding hydrogens is 281 g/mol. The first-order chi connectivity index (χ1) is 9.51. The van der Waals surface area contributed by atoms with Crippen molar-refractivity contribution in [2.45, 2.75) is 13.5 Å². The van der Waals surface area contributed by atoms with Crippen molar-refractivity contribution in [1.82, 2.24) is 9.78 Å². The van der Waals surface area contributed by atoms with Gasteiger partial charge >= 0.3 is 0 Å². The molecule has 2 rings (SSSR count). The molecule has 2 aromatic rings. The number of aromatic nitrogens is 2. The number of benzene rings is 1. The minimum atomic E-state index is -0.347. The molecule has 6 heteroatoms. The highest BCUT2D eigenvalue weighted by Crippen LogP contribution is 2.18. The minimum absolute atomic E-state index is 0.136. The summed E-state index contributed by atoms with van der Waals surface area (Å²) in [6.07, 6.45) is 0. The number of hydrogen-bond donors (Lipinski definition) is 0. The van der Waals surface area contributed by atoms with Gasteiger partial charge in [-0.05, 0) is 37.3 Å². The summed E-state index contributed by atoms with van der Waals surface area (Å²) >= 11 is 5.64. The van der Waals surface area contributed by atoms with Gasteiger partial charge in [-0.15, -0.1) is 11.6 Å². The summed E-state index contributed by atoms with van der Waals surface area (Å²) in [5.74, 6) is -0.731. The maximum absolute atomic E-state index is 13.0. The van der Waals surface area contributed by atoms with Crippen LogP contribution >= 0.6 is 11.6 Å². The van der Waals surface area contributed by atoms with E-state index in [0.717, 1.165) is 11.4 Å². The molecule has 0 atom stereocenters. The molecule has 4 nitrogen and oxygen atoms in total. The molecule has 0 unspecified atom stereocenters. The molecule has 0 N–H and O–H groups in total. The highest BCUT2D eigenvalue weighted by Gasteiger charge is 2.17. The lowest BCUT2D eigenvalue weighted by molar-refractivity contribution is -0.116. The van der Waals surface area contributed by atoms with E-state index < -0.39 is 0 Å². The second kappa shape index (κ2) is 6.05. The molecule has 0 saturated heterocycles. The van der Waals surface area contributed by atoms with Crippen molar-refractivity contribution in [1.29, 1.82) is 0 Å². The second-order valence-electron chi connectivity index (χ2n) is 4.49. The van der Waals surface area contributed by atoms with Gasteiger partial charge in [0.1, 0.15) is 11.7 Å². The number of carbonyl (C=O) groups is 1. The Kier molecular flexibility index (Phi) is 4.39. The molecule has 0 aliphatic carbocycles. The molecule has 0 radical (unpaired) electrons. The summed E-state index contributed by atoms with van der Waals surface area (Å²) in [5, 5.41) is 4.32. The summed E-state index contributed by atoms with van der Waals surface area (Å²) in [6, 6.07) is 7.63. The van der Waals surface area contributed by atoms with Crippen LogP contribution in [0.5, 0.6) is 0 Å². The molecule has 0 aliphatic heterocycles. The topological polar surface area (TPSA) is 38.1 Å². The largest absolute Gasteiger partial charge is 0.305 e. The first-order valence-corrected chi connectivity index (χ1v) is 6.66. The first kappa shape index (κ1) is 14.5. The number of aryl methyl sites for hydroxylation is 2. The van der Waals surface area contributed by atoms with E-state index in [9.17, 15) is 9.18 Å². The molecule has 1 aromatic heterocycles. The van der Waals surface area contributed by atoms with Crippen molar-refractivity contribution in [3.05, 3.63) is 47.5 Å². The first-order valence-electron chi connectivity index (χ1n) is 6.12. The Morgan fingerprint density at radius 3 is 2.55 bits per heavy atom. The number of hydrogen-bond acceptors (Lipinski definition) is 2. The van der Waals surface area contributed by atoms with Crippen LogP contribution < -0.4 is 4.90 Å². The monoisotopic (exact) mass is 295 g/mol. The van der Waals surface area contributed by atoms with Crippen LogP contribution in [0.25, 0.3) is 0 Å². The molecule has 0 aliphatic rings. The van der Waals surface area contributed by atoms with Gasteiger partial charge in [-0.3, -0.25) is 9.48 Å². The Bertz CT molecular complexity index is 590. The van der Waals surface area contributed by atoms with E-state index in [1.807, 2.05) is 20.0 Å². The van der Waals surface area contributed by atoms with E-state index in [2.05, 4.69) is 5.10 Å². The van der Waals surface area contributed by atoms with E-state index in [1.165, 1.54) is 17.0 Å². The lowest BCUT2D eigenvalue weighted by atomic mass is 10.2. The van der Waals surface area contributed by atoms with Crippen LogP contribution in [0.2, 0.25) is 0 Å².